The number of allylic oxidation sites excluding steroid dienone is 1. The van der Waals surface area contributed by atoms with E-state index in [9.17, 15) is 0 Å². The predicted octanol–water partition coefficient (Wildman–Crippen LogP) is 6.86. The van der Waals surface area contributed by atoms with Crippen LogP contribution in [0.4, 0.5) is 0 Å². The van der Waals surface area contributed by atoms with E-state index in [1.54, 1.807) is 0 Å². The molecule has 2 heteroatoms. The van der Waals surface area contributed by atoms with Gasteiger partial charge < -0.3 is 4.74 Å². The van der Waals surface area contributed by atoms with Crippen molar-refractivity contribution in [1.29, 1.82) is 0 Å². The van der Waals surface area contributed by atoms with E-state index in [0.29, 0.717) is 6.61 Å². The summed E-state index contributed by atoms with van der Waals surface area (Å²) < 4.78 is 6.20. The van der Waals surface area contributed by atoms with Gasteiger partial charge in [0.05, 0.1) is 6.61 Å². The Morgan fingerprint density at radius 1 is 1.16 bits per heavy atom. The summed E-state index contributed by atoms with van der Waals surface area (Å²) in [6.45, 7) is 6.95. The molecule has 25 heavy (non-hydrogen) atoms. The fourth-order valence-corrected chi connectivity index (χ4v) is 3.78. The van der Waals surface area contributed by atoms with E-state index in [2.05, 4.69) is 49.9 Å². The number of rotatable bonds is 6. The van der Waals surface area contributed by atoms with Crippen LogP contribution in [0.1, 0.15) is 43.4 Å². The van der Waals surface area contributed by atoms with Crippen molar-refractivity contribution in [2.24, 2.45) is 5.92 Å². The highest BCUT2D eigenvalue weighted by molar-refractivity contribution is 6.31. The maximum atomic E-state index is 6.49. The molecule has 130 valence electrons. The molecule has 1 heterocycles. The highest BCUT2D eigenvalue weighted by atomic mass is 35.5. The molecule has 1 fully saturated rings. The summed E-state index contributed by atoms with van der Waals surface area (Å²) in [4.78, 5) is 0. The lowest BCUT2D eigenvalue weighted by Crippen LogP contribution is -2.06. The zero-order valence-electron chi connectivity index (χ0n) is 14.7. The minimum Gasteiger partial charge on any atom is -0.368 e. The molecular weight excluding hydrogens is 328 g/mol. The monoisotopic (exact) mass is 352 g/mol. The average molecular weight is 353 g/mol. The Labute approximate surface area is 156 Å². The third kappa shape index (κ3) is 3.89. The number of halogens is 1. The Morgan fingerprint density at radius 2 is 1.88 bits per heavy atom. The van der Waals surface area contributed by atoms with Gasteiger partial charge in [0.1, 0.15) is 6.10 Å². The zero-order chi connectivity index (χ0) is 17.6. The number of ether oxygens (including phenoxy) is 1. The third-order valence-corrected chi connectivity index (χ3v) is 5.19. The molecule has 2 aromatic carbocycles. The van der Waals surface area contributed by atoms with Crippen LogP contribution < -0.4 is 0 Å². The van der Waals surface area contributed by atoms with Crippen molar-refractivity contribution in [2.45, 2.75) is 32.3 Å². The summed E-state index contributed by atoms with van der Waals surface area (Å²) in [5.41, 5.74) is 5.03. The molecule has 1 nitrogen and oxygen atoms in total. The van der Waals surface area contributed by atoms with Crippen LogP contribution in [0.5, 0.6) is 0 Å². The van der Waals surface area contributed by atoms with Crippen LogP contribution in [0.25, 0.3) is 5.57 Å². The van der Waals surface area contributed by atoms with E-state index in [1.165, 1.54) is 23.1 Å². The van der Waals surface area contributed by atoms with Gasteiger partial charge in [-0.2, -0.15) is 0 Å². The van der Waals surface area contributed by atoms with Gasteiger partial charge in [-0.25, -0.2) is 0 Å². The summed E-state index contributed by atoms with van der Waals surface area (Å²) in [6.07, 6.45) is 5.29. The molecule has 0 unspecified atom stereocenters. The Balaban J connectivity index is 2.14. The average Bonchev–Trinajstić information content (AvgIpc) is 3.07. The predicted molar refractivity (Wildman–Crippen MR) is 107 cm³/mol. The van der Waals surface area contributed by atoms with Gasteiger partial charge in [0.2, 0.25) is 0 Å². The van der Waals surface area contributed by atoms with Crippen LogP contribution in [0.2, 0.25) is 5.02 Å². The smallest absolute Gasteiger partial charge is 0.106 e. The van der Waals surface area contributed by atoms with Crippen LogP contribution in [-0.2, 0) is 4.74 Å². The first-order valence-electron chi connectivity index (χ1n) is 9.03. The minimum atomic E-state index is -0.0937. The topological polar surface area (TPSA) is 9.23 Å². The summed E-state index contributed by atoms with van der Waals surface area (Å²) in [6, 6.07) is 18.7. The number of unbranched alkanes of at least 4 members (excludes halogenated alkanes) is 1. The Kier molecular flexibility index (Phi) is 6.12. The minimum absolute atomic E-state index is 0.0937. The molecule has 0 aromatic heterocycles. The quantitative estimate of drug-likeness (QED) is 0.516. The van der Waals surface area contributed by atoms with Crippen molar-refractivity contribution in [3.63, 3.8) is 0 Å². The molecule has 2 aromatic rings. The van der Waals surface area contributed by atoms with E-state index in [4.69, 9.17) is 16.3 Å². The molecule has 1 aliphatic heterocycles. The Morgan fingerprint density at radius 3 is 2.56 bits per heavy atom. The Hall–Kier alpha value is -1.83. The van der Waals surface area contributed by atoms with Gasteiger partial charge in [0.15, 0.2) is 0 Å². The van der Waals surface area contributed by atoms with Gasteiger partial charge in [-0.05, 0) is 35.6 Å². The number of hydrogen-bond acceptors (Lipinski definition) is 1. The van der Waals surface area contributed by atoms with Gasteiger partial charge >= 0.3 is 0 Å². The summed E-state index contributed by atoms with van der Waals surface area (Å²) >= 11 is 6.49. The van der Waals surface area contributed by atoms with Crippen molar-refractivity contribution in [2.75, 3.05) is 6.61 Å². The van der Waals surface area contributed by atoms with E-state index < -0.39 is 0 Å². The van der Waals surface area contributed by atoms with Gasteiger partial charge in [0, 0.05) is 16.5 Å². The van der Waals surface area contributed by atoms with E-state index in [1.807, 2.05) is 24.3 Å². The normalized spacial score (nSPS) is 22.0. The maximum Gasteiger partial charge on any atom is 0.106 e. The van der Waals surface area contributed by atoms with E-state index >= 15 is 0 Å². The second-order valence-electron chi connectivity index (χ2n) is 6.48. The zero-order valence-corrected chi connectivity index (χ0v) is 15.5. The highest BCUT2D eigenvalue weighted by Gasteiger charge is 2.34. The number of benzene rings is 2. The van der Waals surface area contributed by atoms with Crippen molar-refractivity contribution in [1.82, 2.24) is 0 Å². The fourth-order valence-electron chi connectivity index (χ4n) is 3.54. The second-order valence-corrected chi connectivity index (χ2v) is 6.89. The fraction of sp³-hybridized carbons (Fsp3) is 0.304. The molecule has 2 atom stereocenters. The van der Waals surface area contributed by atoms with Crippen LogP contribution in [0.3, 0.4) is 0 Å². The van der Waals surface area contributed by atoms with Crippen molar-refractivity contribution in [3.05, 3.63) is 89.0 Å². The van der Waals surface area contributed by atoms with Gasteiger partial charge in [0.25, 0.3) is 0 Å². The molecule has 0 bridgehead atoms. The van der Waals surface area contributed by atoms with E-state index in [-0.39, 0.29) is 12.0 Å². The standard InChI is InChI=1S/C23H25ClO/c1-3-5-13-19(18-11-7-6-8-12-18)22-17(4-2)16-25-23(22)20-14-9-10-15-21(20)24/h4,6-12,14-15,17,23H,2-3,5,13,16H2,1H3/b22-19+/t17-,23-/m0/s1. The molecule has 0 aliphatic carbocycles. The van der Waals surface area contributed by atoms with Crippen molar-refractivity contribution in [3.8, 4) is 0 Å². The second kappa shape index (κ2) is 8.51. The molecule has 1 saturated heterocycles. The molecule has 1 aliphatic rings. The van der Waals surface area contributed by atoms with E-state index in [0.717, 1.165) is 23.4 Å². The SMILES string of the molecule is C=C[C@H]1CO[C@@H](c2ccccc2Cl)/C1=C(\CCCC)c1ccccc1. The molecule has 3 rings (SSSR count). The van der Waals surface area contributed by atoms with Crippen molar-refractivity contribution >= 4 is 17.2 Å². The van der Waals surface area contributed by atoms with Crippen LogP contribution >= 0.6 is 11.6 Å². The first-order valence-corrected chi connectivity index (χ1v) is 9.41. The van der Waals surface area contributed by atoms with Gasteiger partial charge in [-0.3, -0.25) is 0 Å². The largest absolute Gasteiger partial charge is 0.368 e. The lowest BCUT2D eigenvalue weighted by molar-refractivity contribution is 0.120. The van der Waals surface area contributed by atoms with Crippen LogP contribution in [-0.4, -0.2) is 6.61 Å². The third-order valence-electron chi connectivity index (χ3n) is 4.85. The molecule has 0 spiro atoms. The maximum absolute atomic E-state index is 6.49. The molecule has 0 amide bonds. The highest BCUT2D eigenvalue weighted by Crippen LogP contribution is 2.45. The lowest BCUT2D eigenvalue weighted by Gasteiger charge is -2.21. The van der Waals surface area contributed by atoms with Crippen molar-refractivity contribution < 1.29 is 4.74 Å². The molecule has 0 radical (unpaired) electrons. The first kappa shape index (κ1) is 18.0. The summed E-state index contributed by atoms with van der Waals surface area (Å²) in [5, 5.41) is 0.762. The van der Waals surface area contributed by atoms with Crippen LogP contribution in [0.15, 0.2) is 72.8 Å². The summed E-state index contributed by atoms with van der Waals surface area (Å²) in [5.74, 6) is 0.230. The lowest BCUT2D eigenvalue weighted by atomic mass is 9.84. The van der Waals surface area contributed by atoms with Gasteiger partial charge in [-0.15, -0.1) is 6.58 Å². The molecule has 0 N–H and O–H groups in total. The number of hydrogen-bond donors (Lipinski definition) is 0. The molecule has 0 saturated carbocycles. The first-order chi connectivity index (χ1) is 12.3. The van der Waals surface area contributed by atoms with Crippen LogP contribution in [0, 0.1) is 5.92 Å². The van der Waals surface area contributed by atoms with Gasteiger partial charge in [-0.1, -0.05) is 79.6 Å². The summed E-state index contributed by atoms with van der Waals surface area (Å²) in [7, 11) is 0. The Bertz CT molecular complexity index is 748. The molecular formula is C23H25ClO.